The molecule has 2 heterocycles. The fourth-order valence-corrected chi connectivity index (χ4v) is 3.86. The molecule has 2 aromatic rings. The molecule has 1 aromatic heterocycles. The highest BCUT2D eigenvalue weighted by Crippen LogP contribution is 2.21. The van der Waals surface area contributed by atoms with Crippen LogP contribution in [0.4, 0.5) is 5.69 Å². The Balaban J connectivity index is 1.59. The Morgan fingerprint density at radius 1 is 1.32 bits per heavy atom. The van der Waals surface area contributed by atoms with E-state index in [-0.39, 0.29) is 5.91 Å². The van der Waals surface area contributed by atoms with Crippen LogP contribution < -0.4 is 10.2 Å². The lowest BCUT2D eigenvalue weighted by Gasteiger charge is -2.21. The Hall–Kier alpha value is -2.07. The standard InChI is InChI=1S/C21H29N3O/c1-4-16(2)17-9-11-18(12-10-17)22-21(25)15-24-14-6-8-20(24)19-7-5-13-23(19)3/h5,7,9-13,16,20H,4,6,8,14-15H2,1-3H3,(H,22,25)/p+1/t16-,20-/m1/s1. The molecule has 4 nitrogen and oxygen atoms in total. The Bertz CT molecular complexity index is 704. The van der Waals surface area contributed by atoms with Gasteiger partial charge in [-0.1, -0.05) is 26.0 Å². The SMILES string of the molecule is CC[C@@H](C)c1ccc(NC(=O)C[NH+]2CCC[C@@H]2c2cccn2C)cc1. The third-order valence-electron chi connectivity index (χ3n) is 5.59. The summed E-state index contributed by atoms with van der Waals surface area (Å²) < 4.78 is 2.18. The van der Waals surface area contributed by atoms with Gasteiger partial charge in [-0.15, -0.1) is 0 Å². The van der Waals surface area contributed by atoms with E-state index in [9.17, 15) is 4.79 Å². The van der Waals surface area contributed by atoms with Crippen LogP contribution in [0.3, 0.4) is 0 Å². The van der Waals surface area contributed by atoms with E-state index < -0.39 is 0 Å². The zero-order chi connectivity index (χ0) is 17.8. The number of aromatic nitrogens is 1. The van der Waals surface area contributed by atoms with E-state index in [4.69, 9.17) is 0 Å². The van der Waals surface area contributed by atoms with Gasteiger partial charge in [0.15, 0.2) is 6.54 Å². The Morgan fingerprint density at radius 3 is 2.72 bits per heavy atom. The summed E-state index contributed by atoms with van der Waals surface area (Å²) in [4.78, 5) is 13.9. The molecule has 0 radical (unpaired) electrons. The van der Waals surface area contributed by atoms with Crippen molar-refractivity contribution in [2.24, 2.45) is 7.05 Å². The highest BCUT2D eigenvalue weighted by atomic mass is 16.2. The second kappa shape index (κ2) is 7.87. The Kier molecular flexibility index (Phi) is 5.59. The highest BCUT2D eigenvalue weighted by Gasteiger charge is 2.32. The summed E-state index contributed by atoms with van der Waals surface area (Å²) in [5.74, 6) is 0.664. The molecule has 3 atom stereocenters. The number of anilines is 1. The second-order valence-corrected chi connectivity index (χ2v) is 7.30. The summed E-state index contributed by atoms with van der Waals surface area (Å²) >= 11 is 0. The van der Waals surface area contributed by atoms with Crippen LogP contribution in [0.15, 0.2) is 42.6 Å². The number of carbonyl (C=O) groups is 1. The maximum atomic E-state index is 12.5. The quantitative estimate of drug-likeness (QED) is 0.834. The molecule has 1 amide bonds. The van der Waals surface area contributed by atoms with Gasteiger partial charge >= 0.3 is 0 Å². The van der Waals surface area contributed by atoms with Crippen LogP contribution in [0.25, 0.3) is 0 Å². The number of hydrogen-bond donors (Lipinski definition) is 2. The largest absolute Gasteiger partial charge is 0.350 e. The number of hydrogen-bond acceptors (Lipinski definition) is 1. The minimum atomic E-state index is 0.104. The average Bonchev–Trinajstić information content (AvgIpc) is 3.23. The lowest BCUT2D eigenvalue weighted by molar-refractivity contribution is -0.910. The number of nitrogens with zero attached hydrogens (tertiary/aromatic N) is 1. The van der Waals surface area contributed by atoms with Crippen LogP contribution in [-0.2, 0) is 11.8 Å². The maximum absolute atomic E-state index is 12.5. The Morgan fingerprint density at radius 2 is 2.08 bits per heavy atom. The number of aryl methyl sites for hydroxylation is 1. The van der Waals surface area contributed by atoms with Crippen molar-refractivity contribution >= 4 is 11.6 Å². The number of rotatable bonds is 6. The normalized spacial score (nSPS) is 21.2. The van der Waals surface area contributed by atoms with Crippen LogP contribution in [-0.4, -0.2) is 23.6 Å². The number of carbonyl (C=O) groups excluding carboxylic acids is 1. The van der Waals surface area contributed by atoms with Crippen molar-refractivity contribution in [3.63, 3.8) is 0 Å². The summed E-state index contributed by atoms with van der Waals surface area (Å²) in [5, 5.41) is 3.07. The summed E-state index contributed by atoms with van der Waals surface area (Å²) in [7, 11) is 2.09. The molecular weight excluding hydrogens is 310 g/mol. The zero-order valence-corrected chi connectivity index (χ0v) is 15.6. The monoisotopic (exact) mass is 340 g/mol. The van der Waals surface area contributed by atoms with Crippen LogP contribution >= 0.6 is 0 Å². The van der Waals surface area contributed by atoms with E-state index in [1.807, 2.05) is 12.1 Å². The highest BCUT2D eigenvalue weighted by molar-refractivity contribution is 5.91. The minimum absolute atomic E-state index is 0.104. The number of likely N-dealkylation sites (tertiary alicyclic amines) is 1. The van der Waals surface area contributed by atoms with Crippen LogP contribution in [0.1, 0.15) is 56.3 Å². The fourth-order valence-electron chi connectivity index (χ4n) is 3.86. The summed E-state index contributed by atoms with van der Waals surface area (Å²) in [5.41, 5.74) is 3.55. The molecule has 1 aliphatic heterocycles. The van der Waals surface area contributed by atoms with Crippen LogP contribution in [0, 0.1) is 0 Å². The van der Waals surface area contributed by atoms with Gasteiger partial charge in [0.2, 0.25) is 0 Å². The van der Waals surface area contributed by atoms with Crippen LogP contribution in [0.2, 0.25) is 0 Å². The molecule has 134 valence electrons. The summed E-state index contributed by atoms with van der Waals surface area (Å²) in [6.45, 7) is 6.02. The predicted octanol–water partition coefficient (Wildman–Crippen LogP) is 2.90. The molecule has 0 saturated carbocycles. The van der Waals surface area contributed by atoms with E-state index >= 15 is 0 Å². The average molecular weight is 340 g/mol. The molecule has 3 rings (SSSR count). The van der Waals surface area contributed by atoms with Crippen molar-refractivity contribution in [3.05, 3.63) is 53.9 Å². The van der Waals surface area contributed by atoms with Gasteiger partial charge in [-0.2, -0.15) is 0 Å². The third kappa shape index (κ3) is 4.13. The van der Waals surface area contributed by atoms with Gasteiger partial charge in [0.25, 0.3) is 5.91 Å². The molecule has 1 aliphatic rings. The van der Waals surface area contributed by atoms with E-state index in [1.165, 1.54) is 22.6 Å². The van der Waals surface area contributed by atoms with Crippen molar-refractivity contribution in [2.75, 3.05) is 18.4 Å². The zero-order valence-electron chi connectivity index (χ0n) is 15.6. The molecule has 1 aromatic carbocycles. The van der Waals surface area contributed by atoms with Gasteiger partial charge in [0, 0.05) is 31.8 Å². The summed E-state index contributed by atoms with van der Waals surface area (Å²) in [6, 6.07) is 13.0. The topological polar surface area (TPSA) is 38.5 Å². The van der Waals surface area contributed by atoms with Gasteiger partial charge in [0.05, 0.1) is 12.2 Å². The lowest BCUT2D eigenvalue weighted by atomic mass is 9.99. The molecule has 0 bridgehead atoms. The fraction of sp³-hybridized carbons (Fsp3) is 0.476. The molecule has 1 fully saturated rings. The first-order chi connectivity index (χ1) is 12.1. The maximum Gasteiger partial charge on any atom is 0.279 e. The first-order valence-corrected chi connectivity index (χ1v) is 9.44. The predicted molar refractivity (Wildman–Crippen MR) is 102 cm³/mol. The smallest absolute Gasteiger partial charge is 0.279 e. The molecule has 0 spiro atoms. The number of nitrogens with one attached hydrogen (secondary N) is 2. The van der Waals surface area contributed by atoms with Crippen molar-refractivity contribution in [3.8, 4) is 0 Å². The van der Waals surface area contributed by atoms with E-state index in [0.717, 1.165) is 25.1 Å². The number of amides is 1. The van der Waals surface area contributed by atoms with Crippen molar-refractivity contribution < 1.29 is 9.69 Å². The molecule has 4 heteroatoms. The van der Waals surface area contributed by atoms with Crippen LogP contribution in [0.5, 0.6) is 0 Å². The first kappa shape index (κ1) is 17.7. The lowest BCUT2D eigenvalue weighted by Crippen LogP contribution is -3.11. The van der Waals surface area contributed by atoms with Gasteiger partial charge in [0.1, 0.15) is 6.04 Å². The second-order valence-electron chi connectivity index (χ2n) is 7.30. The molecule has 1 unspecified atom stereocenters. The van der Waals surface area contributed by atoms with Gasteiger partial charge in [-0.25, -0.2) is 0 Å². The Labute approximate surface area is 150 Å². The molecule has 25 heavy (non-hydrogen) atoms. The molecular formula is C21H30N3O+. The number of benzene rings is 1. The van der Waals surface area contributed by atoms with E-state index in [2.05, 4.69) is 61.2 Å². The minimum Gasteiger partial charge on any atom is -0.350 e. The first-order valence-electron chi connectivity index (χ1n) is 9.44. The van der Waals surface area contributed by atoms with Crippen molar-refractivity contribution in [1.29, 1.82) is 0 Å². The van der Waals surface area contributed by atoms with Gasteiger partial charge in [-0.05, 0) is 42.2 Å². The molecule has 0 aliphatic carbocycles. The third-order valence-corrected chi connectivity index (χ3v) is 5.59. The van der Waals surface area contributed by atoms with Gasteiger partial charge < -0.3 is 14.8 Å². The summed E-state index contributed by atoms with van der Waals surface area (Å²) in [6.07, 6.45) is 5.56. The van der Waals surface area contributed by atoms with Crippen molar-refractivity contribution in [2.45, 2.75) is 45.1 Å². The molecule has 2 N–H and O–H groups in total. The van der Waals surface area contributed by atoms with Crippen molar-refractivity contribution in [1.82, 2.24) is 4.57 Å². The van der Waals surface area contributed by atoms with E-state index in [0.29, 0.717) is 18.5 Å². The number of quaternary nitrogens is 1. The van der Waals surface area contributed by atoms with Gasteiger partial charge in [-0.3, -0.25) is 4.79 Å². The van der Waals surface area contributed by atoms with E-state index in [1.54, 1.807) is 0 Å². The molecule has 1 saturated heterocycles.